The van der Waals surface area contributed by atoms with E-state index >= 15 is 0 Å². The number of phenolic OH excluding ortho intramolecular Hbond substituents is 1. The van der Waals surface area contributed by atoms with Gasteiger partial charge in [-0.25, -0.2) is 0 Å². The van der Waals surface area contributed by atoms with Crippen LogP contribution in [0.5, 0.6) is 11.6 Å². The number of ether oxygens (including phenoxy) is 1. The number of phenols is 1. The van der Waals surface area contributed by atoms with Crippen LogP contribution >= 0.6 is 0 Å². The van der Waals surface area contributed by atoms with Gasteiger partial charge < -0.3 is 30.3 Å². The number of benzene rings is 2. The van der Waals surface area contributed by atoms with Gasteiger partial charge in [-0.1, -0.05) is 24.3 Å². The van der Waals surface area contributed by atoms with Crippen molar-refractivity contribution >= 4 is 22.3 Å². The molecule has 1 aromatic heterocycles. The number of pyridine rings is 1. The summed E-state index contributed by atoms with van der Waals surface area (Å²) in [6.45, 7) is 5.69. The second-order valence-corrected chi connectivity index (χ2v) is 10.6. The van der Waals surface area contributed by atoms with Crippen molar-refractivity contribution in [1.82, 2.24) is 9.88 Å². The van der Waals surface area contributed by atoms with Gasteiger partial charge in [-0.15, -0.1) is 0 Å². The summed E-state index contributed by atoms with van der Waals surface area (Å²) >= 11 is 0. The molecule has 3 aliphatic rings. The molecule has 0 bridgehead atoms. The predicted octanol–water partition coefficient (Wildman–Crippen LogP) is 4.02. The molecule has 2 aromatic carbocycles. The van der Waals surface area contributed by atoms with Crippen molar-refractivity contribution < 1.29 is 9.84 Å². The summed E-state index contributed by atoms with van der Waals surface area (Å²) in [5, 5.41) is 22.4. The standard InChI is InChI=1S/C25H27N5O2.C5H11N/c1-32-25-21(14-26)22-15-30(23-13-18(31)12-16-4-2-3-5-19(16)23)11-8-20(22)24(28-25)29-9-6-17(27)7-10-29;1-6-4-2-3-5-6/h2-5,12-13,17,31H,6-11,15,27H2,1H3;2-5H2,1H3. The third kappa shape index (κ3) is 5.35. The van der Waals surface area contributed by atoms with Gasteiger partial charge in [-0.3, -0.25) is 0 Å². The number of aromatic nitrogens is 1. The summed E-state index contributed by atoms with van der Waals surface area (Å²) in [6.07, 6.45) is 5.45. The van der Waals surface area contributed by atoms with E-state index in [-0.39, 0.29) is 11.8 Å². The Hall–Kier alpha value is -3.54. The SMILES string of the molecule is CN1CCCC1.COc1nc(N2CCC(N)CC2)c2c(c1C#N)CN(c1cc(O)cc3ccccc13)CC2. The fourth-order valence-corrected chi connectivity index (χ4v) is 5.84. The fraction of sp³-hybridized carbons (Fsp3) is 0.467. The molecular weight excluding hydrogens is 476 g/mol. The highest BCUT2D eigenvalue weighted by Gasteiger charge is 2.30. The van der Waals surface area contributed by atoms with Crippen LogP contribution in [0.25, 0.3) is 10.8 Å². The van der Waals surface area contributed by atoms with E-state index in [2.05, 4.69) is 33.9 Å². The van der Waals surface area contributed by atoms with Crippen molar-refractivity contribution in [1.29, 1.82) is 5.26 Å². The number of aromatic hydroxyl groups is 1. The Labute approximate surface area is 225 Å². The lowest BCUT2D eigenvalue weighted by atomic mass is 9.94. The summed E-state index contributed by atoms with van der Waals surface area (Å²) in [6, 6.07) is 14.2. The molecule has 6 rings (SSSR count). The van der Waals surface area contributed by atoms with Crippen LogP contribution in [0.1, 0.15) is 42.4 Å². The number of methoxy groups -OCH3 is 1. The van der Waals surface area contributed by atoms with Gasteiger partial charge in [0.2, 0.25) is 5.88 Å². The van der Waals surface area contributed by atoms with Gasteiger partial charge in [-0.05, 0) is 63.7 Å². The molecule has 0 amide bonds. The second-order valence-electron chi connectivity index (χ2n) is 10.6. The van der Waals surface area contributed by atoms with Crippen LogP contribution in [0.4, 0.5) is 11.5 Å². The first-order valence-corrected chi connectivity index (χ1v) is 13.6. The van der Waals surface area contributed by atoms with Gasteiger partial charge in [0.1, 0.15) is 23.2 Å². The second kappa shape index (κ2) is 11.5. The maximum absolute atomic E-state index is 10.3. The lowest BCUT2D eigenvalue weighted by Crippen LogP contribution is -2.41. The fourth-order valence-electron chi connectivity index (χ4n) is 5.84. The van der Waals surface area contributed by atoms with E-state index in [0.29, 0.717) is 18.0 Å². The lowest BCUT2D eigenvalue weighted by Gasteiger charge is -2.37. The van der Waals surface area contributed by atoms with E-state index in [4.69, 9.17) is 15.5 Å². The number of hydrogen-bond donors (Lipinski definition) is 2. The molecule has 2 fully saturated rings. The zero-order valence-corrected chi connectivity index (χ0v) is 22.5. The lowest BCUT2D eigenvalue weighted by molar-refractivity contribution is 0.394. The van der Waals surface area contributed by atoms with Crippen LogP contribution in [0.3, 0.4) is 0 Å². The van der Waals surface area contributed by atoms with Gasteiger partial charge in [0.05, 0.1) is 7.11 Å². The molecule has 2 saturated heterocycles. The molecule has 38 heavy (non-hydrogen) atoms. The molecule has 3 aliphatic heterocycles. The average Bonchev–Trinajstić information content (AvgIpc) is 3.43. The highest BCUT2D eigenvalue weighted by molar-refractivity contribution is 5.95. The van der Waals surface area contributed by atoms with Crippen LogP contribution in [0.15, 0.2) is 36.4 Å². The van der Waals surface area contributed by atoms with Crippen molar-refractivity contribution in [3.05, 3.63) is 53.1 Å². The Kier molecular flexibility index (Phi) is 7.87. The van der Waals surface area contributed by atoms with Crippen LogP contribution in [-0.4, -0.2) is 67.9 Å². The summed E-state index contributed by atoms with van der Waals surface area (Å²) in [7, 11) is 3.74. The highest BCUT2D eigenvalue weighted by Crippen LogP contribution is 2.39. The number of rotatable bonds is 3. The Morgan fingerprint density at radius 3 is 2.42 bits per heavy atom. The van der Waals surface area contributed by atoms with Crippen molar-refractivity contribution in [2.75, 3.05) is 56.7 Å². The van der Waals surface area contributed by atoms with E-state index in [1.807, 2.05) is 24.3 Å². The Balaban J connectivity index is 0.000000433. The van der Waals surface area contributed by atoms with Gasteiger partial charge >= 0.3 is 0 Å². The van der Waals surface area contributed by atoms with Gasteiger partial charge in [-0.2, -0.15) is 10.2 Å². The van der Waals surface area contributed by atoms with Crippen LogP contribution in [0, 0.1) is 11.3 Å². The van der Waals surface area contributed by atoms with E-state index in [1.165, 1.54) is 25.9 Å². The zero-order chi connectivity index (χ0) is 26.6. The molecular formula is C30H38N6O2. The van der Waals surface area contributed by atoms with E-state index in [9.17, 15) is 10.4 Å². The normalized spacial score (nSPS) is 18.1. The molecule has 3 N–H and O–H groups in total. The van der Waals surface area contributed by atoms with Gasteiger partial charge in [0.25, 0.3) is 0 Å². The maximum atomic E-state index is 10.3. The summed E-state index contributed by atoms with van der Waals surface area (Å²) in [5.41, 5.74) is 9.66. The van der Waals surface area contributed by atoms with E-state index in [0.717, 1.165) is 72.3 Å². The molecule has 0 unspecified atom stereocenters. The van der Waals surface area contributed by atoms with Gasteiger partial charge in [0.15, 0.2) is 0 Å². The number of anilines is 2. The first kappa shape index (κ1) is 26.1. The minimum Gasteiger partial charge on any atom is -0.508 e. The topological polar surface area (TPSA) is 102 Å². The Morgan fingerprint density at radius 2 is 1.76 bits per heavy atom. The third-order valence-electron chi connectivity index (χ3n) is 7.98. The minimum atomic E-state index is 0.233. The van der Waals surface area contributed by atoms with Crippen molar-refractivity contribution in [3.8, 4) is 17.7 Å². The molecule has 0 aliphatic carbocycles. The molecule has 4 heterocycles. The average molecular weight is 515 g/mol. The number of nitriles is 1. The minimum absolute atomic E-state index is 0.233. The van der Waals surface area contributed by atoms with Crippen molar-refractivity contribution in [2.45, 2.75) is 44.7 Å². The Bertz CT molecular complexity index is 1320. The highest BCUT2D eigenvalue weighted by atomic mass is 16.5. The number of fused-ring (bicyclic) bond motifs is 2. The summed E-state index contributed by atoms with van der Waals surface area (Å²) in [4.78, 5) is 11.6. The summed E-state index contributed by atoms with van der Waals surface area (Å²) < 4.78 is 5.54. The molecule has 0 atom stereocenters. The molecule has 8 heteroatoms. The monoisotopic (exact) mass is 514 g/mol. The zero-order valence-electron chi connectivity index (χ0n) is 22.5. The van der Waals surface area contributed by atoms with Gasteiger partial charge in [0, 0.05) is 60.5 Å². The van der Waals surface area contributed by atoms with Crippen LogP contribution < -0.4 is 20.3 Å². The number of piperidine rings is 1. The Morgan fingerprint density at radius 1 is 1.03 bits per heavy atom. The molecule has 0 saturated carbocycles. The number of nitrogens with two attached hydrogens (primary N) is 1. The van der Waals surface area contributed by atoms with Crippen molar-refractivity contribution in [2.24, 2.45) is 5.73 Å². The number of hydrogen-bond acceptors (Lipinski definition) is 8. The maximum Gasteiger partial charge on any atom is 0.233 e. The van der Waals surface area contributed by atoms with E-state index in [1.54, 1.807) is 13.2 Å². The smallest absolute Gasteiger partial charge is 0.233 e. The molecule has 0 spiro atoms. The first-order valence-electron chi connectivity index (χ1n) is 13.6. The molecule has 3 aromatic rings. The molecule has 8 nitrogen and oxygen atoms in total. The summed E-state index contributed by atoms with van der Waals surface area (Å²) in [5.74, 6) is 1.53. The van der Waals surface area contributed by atoms with E-state index < -0.39 is 0 Å². The van der Waals surface area contributed by atoms with Crippen LogP contribution in [0.2, 0.25) is 0 Å². The third-order valence-corrected chi connectivity index (χ3v) is 7.98. The molecule has 200 valence electrons. The first-order chi connectivity index (χ1) is 18.5. The van der Waals surface area contributed by atoms with Crippen LogP contribution in [-0.2, 0) is 13.0 Å². The predicted molar refractivity (Wildman–Crippen MR) is 152 cm³/mol. The van der Waals surface area contributed by atoms with Crippen molar-refractivity contribution in [3.63, 3.8) is 0 Å². The largest absolute Gasteiger partial charge is 0.508 e. The molecule has 0 radical (unpaired) electrons. The number of nitrogens with zero attached hydrogens (tertiary/aromatic N) is 5. The number of likely N-dealkylation sites (tertiary alicyclic amines) is 1. The quantitative estimate of drug-likeness (QED) is 0.540.